The van der Waals surface area contributed by atoms with Crippen LogP contribution < -0.4 is 10.6 Å². The van der Waals surface area contributed by atoms with Gasteiger partial charge in [0.15, 0.2) is 5.82 Å². The fraction of sp³-hybridized carbons (Fsp3) is 0.182. The summed E-state index contributed by atoms with van der Waals surface area (Å²) in [5.74, 6) is -4.95. The van der Waals surface area contributed by atoms with Gasteiger partial charge in [0, 0.05) is 10.5 Å². The van der Waals surface area contributed by atoms with Crippen LogP contribution in [0.2, 0.25) is 0 Å². The summed E-state index contributed by atoms with van der Waals surface area (Å²) in [5, 5.41) is 21.1. The Morgan fingerprint density at radius 1 is 1.24 bits per heavy atom. The highest BCUT2D eigenvalue weighted by atomic mass is 79.9. The Hall–Kier alpha value is -2.23. The summed E-state index contributed by atoms with van der Waals surface area (Å²) in [4.78, 5) is 32.8. The van der Waals surface area contributed by atoms with E-state index < -0.39 is 47.8 Å². The number of urea groups is 1. The first-order chi connectivity index (χ1) is 9.70. The second-order valence-electron chi connectivity index (χ2n) is 3.83. The predicted octanol–water partition coefficient (Wildman–Crippen LogP) is 1.78. The van der Waals surface area contributed by atoms with Gasteiger partial charge in [0.25, 0.3) is 0 Å². The number of nitrogens with one attached hydrogen (secondary N) is 2. The summed E-state index contributed by atoms with van der Waals surface area (Å²) in [6.45, 7) is 0. The second kappa shape index (κ2) is 6.97. The summed E-state index contributed by atoms with van der Waals surface area (Å²) in [6.07, 6.45) is -0.851. The molecule has 21 heavy (non-hydrogen) atoms. The van der Waals surface area contributed by atoms with Crippen LogP contribution in [0.3, 0.4) is 0 Å². The van der Waals surface area contributed by atoms with E-state index in [2.05, 4.69) is 15.9 Å². The molecule has 0 saturated carbocycles. The van der Waals surface area contributed by atoms with E-state index in [4.69, 9.17) is 10.2 Å². The van der Waals surface area contributed by atoms with Crippen LogP contribution in [0.4, 0.5) is 19.3 Å². The molecule has 0 aliphatic rings. The number of hydrogen-bond donors (Lipinski definition) is 4. The Labute approximate surface area is 125 Å². The molecule has 0 radical (unpaired) electrons. The fourth-order valence-electron chi connectivity index (χ4n) is 1.34. The molecule has 0 aliphatic heterocycles. The highest BCUT2D eigenvalue weighted by Gasteiger charge is 2.23. The van der Waals surface area contributed by atoms with E-state index in [1.807, 2.05) is 10.6 Å². The maximum atomic E-state index is 13.5. The molecule has 0 heterocycles. The lowest BCUT2D eigenvalue weighted by molar-refractivity contribution is -0.145. The molecule has 114 valence electrons. The van der Waals surface area contributed by atoms with Crippen molar-refractivity contribution < 1.29 is 33.4 Å². The van der Waals surface area contributed by atoms with Crippen LogP contribution in [0.1, 0.15) is 6.42 Å². The molecule has 1 rings (SSSR count). The number of rotatable bonds is 5. The van der Waals surface area contributed by atoms with Gasteiger partial charge in [-0.2, -0.15) is 0 Å². The molecule has 0 aliphatic carbocycles. The lowest BCUT2D eigenvalue weighted by Gasteiger charge is -2.14. The number of halogens is 3. The lowest BCUT2D eigenvalue weighted by atomic mass is 10.2. The van der Waals surface area contributed by atoms with Gasteiger partial charge < -0.3 is 20.8 Å². The molecule has 0 fully saturated rings. The first kappa shape index (κ1) is 16.8. The maximum absolute atomic E-state index is 13.5. The van der Waals surface area contributed by atoms with Gasteiger partial charge in [-0.1, -0.05) is 0 Å². The van der Waals surface area contributed by atoms with Crippen LogP contribution in [-0.2, 0) is 9.59 Å². The van der Waals surface area contributed by atoms with Gasteiger partial charge in [-0.15, -0.1) is 0 Å². The number of carboxylic acids is 2. The van der Waals surface area contributed by atoms with Crippen LogP contribution in [0.25, 0.3) is 0 Å². The Morgan fingerprint density at radius 3 is 2.33 bits per heavy atom. The summed E-state index contributed by atoms with van der Waals surface area (Å²) < 4.78 is 26.2. The molecule has 0 bridgehead atoms. The molecule has 1 aromatic rings. The van der Waals surface area contributed by atoms with Crippen molar-refractivity contribution in [3.8, 4) is 0 Å². The van der Waals surface area contributed by atoms with Gasteiger partial charge in [-0.25, -0.2) is 18.4 Å². The number of carboxylic acid groups (broad SMARTS) is 2. The summed E-state index contributed by atoms with van der Waals surface area (Å²) in [6, 6.07) is -1.42. The van der Waals surface area contributed by atoms with Crippen molar-refractivity contribution >= 4 is 39.6 Å². The van der Waals surface area contributed by atoms with Gasteiger partial charge in [-0.05, 0) is 22.0 Å². The topological polar surface area (TPSA) is 116 Å². The van der Waals surface area contributed by atoms with Crippen LogP contribution in [0.15, 0.2) is 16.6 Å². The van der Waals surface area contributed by atoms with Gasteiger partial charge in [0.05, 0.1) is 12.1 Å². The van der Waals surface area contributed by atoms with Crippen molar-refractivity contribution in [2.24, 2.45) is 0 Å². The molecule has 0 aromatic heterocycles. The van der Waals surface area contributed by atoms with E-state index in [1.54, 1.807) is 0 Å². The van der Waals surface area contributed by atoms with Crippen LogP contribution >= 0.6 is 15.9 Å². The standard InChI is InChI=1S/C11H9BrF2N2O5/c12-5-1-4(13)2-6(14)9(5)16-11(21)15-7(10(19)20)3-8(17)18/h1-2,7H,3H2,(H,17,18)(H,19,20)(H2,15,16,21)/t7-/m1/s1. The number of benzene rings is 1. The zero-order valence-corrected chi connectivity index (χ0v) is 11.8. The minimum absolute atomic E-state index is 0.0970. The number of aliphatic carboxylic acids is 2. The highest BCUT2D eigenvalue weighted by Crippen LogP contribution is 2.26. The van der Waals surface area contributed by atoms with Crippen molar-refractivity contribution in [3.63, 3.8) is 0 Å². The monoisotopic (exact) mass is 366 g/mol. The number of carbonyl (C=O) groups excluding carboxylic acids is 1. The van der Waals surface area contributed by atoms with E-state index >= 15 is 0 Å². The molecule has 10 heteroatoms. The number of carbonyl (C=O) groups is 3. The minimum atomic E-state index is -1.69. The largest absolute Gasteiger partial charge is 0.481 e. The summed E-state index contributed by atoms with van der Waals surface area (Å²) >= 11 is 2.83. The molecule has 7 nitrogen and oxygen atoms in total. The Morgan fingerprint density at radius 2 is 1.86 bits per heavy atom. The van der Waals surface area contributed by atoms with E-state index in [9.17, 15) is 23.2 Å². The Kier molecular flexibility index (Phi) is 5.59. The first-order valence-electron chi connectivity index (χ1n) is 5.37. The molecule has 0 saturated heterocycles. The van der Waals surface area contributed by atoms with Crippen molar-refractivity contribution in [3.05, 3.63) is 28.2 Å². The third-order valence-corrected chi connectivity index (χ3v) is 2.85. The third kappa shape index (κ3) is 4.99. The normalized spacial score (nSPS) is 11.6. The van der Waals surface area contributed by atoms with Crippen LogP contribution in [0, 0.1) is 11.6 Å². The Balaban J connectivity index is 2.82. The predicted molar refractivity (Wildman–Crippen MR) is 69.9 cm³/mol. The summed E-state index contributed by atoms with van der Waals surface area (Å²) in [7, 11) is 0. The molecule has 0 spiro atoms. The molecule has 4 N–H and O–H groups in total. The van der Waals surface area contributed by atoms with E-state index in [1.165, 1.54) is 0 Å². The van der Waals surface area contributed by atoms with E-state index in [0.29, 0.717) is 6.07 Å². The average Bonchev–Trinajstić information content (AvgIpc) is 2.32. The molecule has 0 unspecified atom stereocenters. The number of amides is 2. The van der Waals surface area contributed by atoms with Gasteiger partial charge in [0.2, 0.25) is 0 Å². The number of anilines is 1. The Bertz CT molecular complexity index is 573. The van der Waals surface area contributed by atoms with E-state index in [0.717, 1.165) is 6.07 Å². The van der Waals surface area contributed by atoms with Crippen LogP contribution in [0.5, 0.6) is 0 Å². The first-order valence-corrected chi connectivity index (χ1v) is 6.16. The third-order valence-electron chi connectivity index (χ3n) is 2.23. The van der Waals surface area contributed by atoms with Crippen molar-refractivity contribution in [1.29, 1.82) is 0 Å². The zero-order valence-electron chi connectivity index (χ0n) is 10.2. The van der Waals surface area contributed by atoms with Crippen molar-refractivity contribution in [2.75, 3.05) is 5.32 Å². The average molecular weight is 367 g/mol. The van der Waals surface area contributed by atoms with E-state index in [-0.39, 0.29) is 4.47 Å². The van der Waals surface area contributed by atoms with Gasteiger partial charge in [-0.3, -0.25) is 4.79 Å². The molecule has 1 atom stereocenters. The second-order valence-corrected chi connectivity index (χ2v) is 4.69. The zero-order chi connectivity index (χ0) is 16.2. The molecular formula is C11H9BrF2N2O5. The SMILES string of the molecule is O=C(O)C[C@@H](NC(=O)Nc1c(F)cc(F)cc1Br)C(=O)O. The number of hydrogen-bond acceptors (Lipinski definition) is 3. The minimum Gasteiger partial charge on any atom is -0.481 e. The van der Waals surface area contributed by atoms with Crippen molar-refractivity contribution in [1.82, 2.24) is 5.32 Å². The highest BCUT2D eigenvalue weighted by molar-refractivity contribution is 9.10. The molecular weight excluding hydrogens is 358 g/mol. The van der Waals surface area contributed by atoms with Crippen molar-refractivity contribution in [2.45, 2.75) is 12.5 Å². The lowest BCUT2D eigenvalue weighted by Crippen LogP contribution is -2.44. The molecule has 1 aromatic carbocycles. The van der Waals surface area contributed by atoms with Gasteiger partial charge >= 0.3 is 18.0 Å². The quantitative estimate of drug-likeness (QED) is 0.633. The van der Waals surface area contributed by atoms with Crippen LogP contribution in [-0.4, -0.2) is 34.2 Å². The maximum Gasteiger partial charge on any atom is 0.326 e. The fourth-order valence-corrected chi connectivity index (χ4v) is 1.85. The van der Waals surface area contributed by atoms with Gasteiger partial charge in [0.1, 0.15) is 11.9 Å². The smallest absolute Gasteiger partial charge is 0.326 e. The molecule has 2 amide bonds. The summed E-state index contributed by atoms with van der Waals surface area (Å²) in [5.41, 5.74) is -0.409.